The minimum absolute atomic E-state index is 0.663. The van der Waals surface area contributed by atoms with Gasteiger partial charge in [-0.25, -0.2) is 0 Å². The van der Waals surface area contributed by atoms with Crippen LogP contribution in [0.5, 0.6) is 0 Å². The number of furan rings is 1. The van der Waals surface area contributed by atoms with E-state index in [1.54, 1.807) is 0 Å². The van der Waals surface area contributed by atoms with Gasteiger partial charge in [-0.1, -0.05) is 84.9 Å². The van der Waals surface area contributed by atoms with Crippen molar-refractivity contribution < 1.29 is 4.42 Å². The second-order valence-corrected chi connectivity index (χ2v) is 11.1. The highest BCUT2D eigenvalue weighted by atomic mass is 32.1. The predicted octanol–water partition coefficient (Wildman–Crippen LogP) is 10.8. The lowest BCUT2D eigenvalue weighted by Crippen LogP contribution is -1.91. The van der Waals surface area contributed by atoms with Gasteiger partial charge in [-0.05, 0) is 70.3 Å². The third kappa shape index (κ3) is 3.48. The standard InChI is InChI=1S/C37H21NOS/c38-22-25-8-1-2-9-26(25)32-20-23(24-17-19-29-28-10-3-5-13-33(28)39-34(29)21-24)16-18-27(32)30-12-7-15-36-37(30)31-11-4-6-14-35(31)40-36/h1-21H. The highest BCUT2D eigenvalue weighted by Crippen LogP contribution is 2.44. The van der Waals surface area contributed by atoms with Gasteiger partial charge < -0.3 is 4.42 Å². The van der Waals surface area contributed by atoms with E-state index in [0.29, 0.717) is 5.56 Å². The lowest BCUT2D eigenvalue weighted by Gasteiger charge is -2.15. The first-order valence-electron chi connectivity index (χ1n) is 13.2. The maximum absolute atomic E-state index is 10.0. The van der Waals surface area contributed by atoms with Crippen LogP contribution < -0.4 is 0 Å². The van der Waals surface area contributed by atoms with Crippen molar-refractivity contribution >= 4 is 53.4 Å². The average Bonchev–Trinajstić information content (AvgIpc) is 3.58. The van der Waals surface area contributed by atoms with E-state index in [4.69, 9.17) is 4.42 Å². The molecule has 0 aliphatic carbocycles. The van der Waals surface area contributed by atoms with Gasteiger partial charge in [0.25, 0.3) is 0 Å². The molecule has 8 rings (SSSR count). The summed E-state index contributed by atoms with van der Waals surface area (Å²) in [4.78, 5) is 0. The first-order valence-corrected chi connectivity index (χ1v) is 14.1. The van der Waals surface area contributed by atoms with E-state index in [0.717, 1.165) is 49.8 Å². The van der Waals surface area contributed by atoms with E-state index >= 15 is 0 Å². The maximum atomic E-state index is 10.0. The number of benzene rings is 6. The molecule has 0 saturated heterocycles. The van der Waals surface area contributed by atoms with Crippen molar-refractivity contribution in [1.82, 2.24) is 0 Å². The van der Waals surface area contributed by atoms with E-state index in [-0.39, 0.29) is 0 Å². The SMILES string of the molecule is N#Cc1ccccc1-c1cc(-c2ccc3c(c2)oc2ccccc23)ccc1-c1cccc2sc3ccccc3c12. The average molecular weight is 528 g/mol. The fourth-order valence-corrected chi connectivity index (χ4v) is 7.03. The van der Waals surface area contributed by atoms with E-state index in [9.17, 15) is 5.26 Å². The Bertz CT molecular complexity index is 2300. The highest BCUT2D eigenvalue weighted by Gasteiger charge is 2.17. The van der Waals surface area contributed by atoms with Gasteiger partial charge in [0.05, 0.1) is 11.6 Å². The highest BCUT2D eigenvalue weighted by molar-refractivity contribution is 7.25. The Morgan fingerprint density at radius 2 is 1.20 bits per heavy atom. The molecule has 0 N–H and O–H groups in total. The largest absolute Gasteiger partial charge is 0.456 e. The summed E-state index contributed by atoms with van der Waals surface area (Å²) in [5.41, 5.74) is 8.86. The Hall–Kier alpha value is -5.17. The Morgan fingerprint density at radius 1 is 0.500 bits per heavy atom. The Kier molecular flexibility index (Phi) is 5.10. The van der Waals surface area contributed by atoms with E-state index < -0.39 is 0 Å². The number of nitrogens with zero attached hydrogens (tertiary/aromatic N) is 1. The van der Waals surface area contributed by atoms with Gasteiger partial charge in [-0.15, -0.1) is 11.3 Å². The van der Waals surface area contributed by atoms with Crippen LogP contribution in [0.15, 0.2) is 132 Å². The summed E-state index contributed by atoms with van der Waals surface area (Å²) >= 11 is 1.82. The molecule has 0 aliphatic heterocycles. The Labute approximate surface area is 235 Å². The zero-order valence-electron chi connectivity index (χ0n) is 21.4. The van der Waals surface area contributed by atoms with Gasteiger partial charge in [0.2, 0.25) is 0 Å². The summed E-state index contributed by atoms with van der Waals surface area (Å²) in [6.07, 6.45) is 0. The van der Waals surface area contributed by atoms with Crippen LogP contribution in [0.4, 0.5) is 0 Å². The molecular weight excluding hydrogens is 506 g/mol. The third-order valence-corrected chi connectivity index (χ3v) is 8.90. The van der Waals surface area contributed by atoms with Crippen LogP contribution in [0.1, 0.15) is 5.56 Å². The van der Waals surface area contributed by atoms with Gasteiger partial charge in [-0.3, -0.25) is 0 Å². The minimum atomic E-state index is 0.663. The van der Waals surface area contributed by atoms with Gasteiger partial charge in [0.1, 0.15) is 11.2 Å². The van der Waals surface area contributed by atoms with Crippen molar-refractivity contribution in [1.29, 1.82) is 5.26 Å². The molecule has 40 heavy (non-hydrogen) atoms. The van der Waals surface area contributed by atoms with E-state index in [1.807, 2.05) is 47.7 Å². The molecule has 6 aromatic carbocycles. The summed E-state index contributed by atoms with van der Waals surface area (Å²) in [5.74, 6) is 0. The zero-order valence-corrected chi connectivity index (χ0v) is 22.2. The van der Waals surface area contributed by atoms with E-state index in [1.165, 1.54) is 25.7 Å². The molecule has 0 bridgehead atoms. The molecule has 0 aliphatic rings. The van der Waals surface area contributed by atoms with Crippen molar-refractivity contribution in [2.45, 2.75) is 0 Å². The van der Waals surface area contributed by atoms with Crippen LogP contribution in [0.2, 0.25) is 0 Å². The van der Waals surface area contributed by atoms with E-state index in [2.05, 4.69) is 97.1 Å². The molecule has 2 aromatic heterocycles. The van der Waals surface area contributed by atoms with Gasteiger partial charge in [-0.2, -0.15) is 5.26 Å². The zero-order chi connectivity index (χ0) is 26.6. The molecule has 186 valence electrons. The van der Waals surface area contributed by atoms with Crippen molar-refractivity contribution in [2.75, 3.05) is 0 Å². The lowest BCUT2D eigenvalue weighted by atomic mass is 9.87. The molecule has 0 radical (unpaired) electrons. The quantitative estimate of drug-likeness (QED) is 0.229. The molecule has 2 heterocycles. The molecule has 0 fully saturated rings. The first-order chi connectivity index (χ1) is 19.8. The minimum Gasteiger partial charge on any atom is -0.456 e. The molecule has 8 aromatic rings. The van der Waals surface area contributed by atoms with Crippen LogP contribution in [0.3, 0.4) is 0 Å². The Balaban J connectivity index is 1.39. The second kappa shape index (κ2) is 8.95. The number of para-hydroxylation sites is 1. The lowest BCUT2D eigenvalue weighted by molar-refractivity contribution is 0.669. The summed E-state index contributed by atoms with van der Waals surface area (Å²) in [6, 6.07) is 46.6. The molecular formula is C37H21NOS. The summed E-state index contributed by atoms with van der Waals surface area (Å²) in [5, 5.41) is 14.8. The first kappa shape index (κ1) is 22.8. The second-order valence-electron chi connectivity index (χ2n) is 10.0. The molecule has 2 nitrogen and oxygen atoms in total. The number of hydrogen-bond acceptors (Lipinski definition) is 3. The summed E-state index contributed by atoms with van der Waals surface area (Å²) in [7, 11) is 0. The van der Waals surface area contributed by atoms with Crippen LogP contribution in [-0.4, -0.2) is 0 Å². The monoisotopic (exact) mass is 527 g/mol. The van der Waals surface area contributed by atoms with Gasteiger partial charge in [0, 0.05) is 36.5 Å². The topological polar surface area (TPSA) is 36.9 Å². The number of thiophene rings is 1. The van der Waals surface area contributed by atoms with Crippen LogP contribution >= 0.6 is 11.3 Å². The van der Waals surface area contributed by atoms with Crippen molar-refractivity contribution in [3.63, 3.8) is 0 Å². The van der Waals surface area contributed by atoms with Crippen LogP contribution in [-0.2, 0) is 0 Å². The Morgan fingerprint density at radius 3 is 2.12 bits per heavy atom. The number of fused-ring (bicyclic) bond motifs is 6. The van der Waals surface area contributed by atoms with Crippen molar-refractivity contribution in [2.24, 2.45) is 0 Å². The van der Waals surface area contributed by atoms with Crippen LogP contribution in [0, 0.1) is 11.3 Å². The fraction of sp³-hybridized carbons (Fsp3) is 0. The van der Waals surface area contributed by atoms with Crippen molar-refractivity contribution in [3.05, 3.63) is 133 Å². The molecule has 0 atom stereocenters. The third-order valence-electron chi connectivity index (χ3n) is 7.76. The molecule has 0 unspecified atom stereocenters. The number of nitriles is 1. The van der Waals surface area contributed by atoms with Crippen LogP contribution in [0.25, 0.3) is 75.5 Å². The maximum Gasteiger partial charge on any atom is 0.136 e. The summed E-state index contributed by atoms with van der Waals surface area (Å²) in [6.45, 7) is 0. The number of rotatable bonds is 3. The van der Waals surface area contributed by atoms with Crippen molar-refractivity contribution in [3.8, 4) is 39.4 Å². The predicted molar refractivity (Wildman–Crippen MR) is 168 cm³/mol. The summed E-state index contributed by atoms with van der Waals surface area (Å²) < 4.78 is 8.74. The molecule has 3 heteroatoms. The molecule has 0 amide bonds. The number of hydrogen-bond donors (Lipinski definition) is 0. The normalized spacial score (nSPS) is 11.5. The smallest absolute Gasteiger partial charge is 0.136 e. The fourth-order valence-electron chi connectivity index (χ4n) is 5.90. The molecule has 0 saturated carbocycles. The van der Waals surface area contributed by atoms with Gasteiger partial charge >= 0.3 is 0 Å². The molecule has 0 spiro atoms. The van der Waals surface area contributed by atoms with Gasteiger partial charge in [0.15, 0.2) is 0 Å².